The Labute approximate surface area is 126 Å². The van der Waals surface area contributed by atoms with Crippen molar-refractivity contribution in [2.75, 3.05) is 6.54 Å². The summed E-state index contributed by atoms with van der Waals surface area (Å²) in [6.45, 7) is 8.23. The van der Waals surface area contributed by atoms with Gasteiger partial charge in [0.25, 0.3) is 0 Å². The predicted octanol–water partition coefficient (Wildman–Crippen LogP) is 4.56. The molecule has 20 heavy (non-hydrogen) atoms. The maximum absolute atomic E-state index is 6.30. The average molecular weight is 291 g/mol. The topological polar surface area (TPSA) is 17.0 Å². The van der Waals surface area contributed by atoms with Crippen LogP contribution >= 0.6 is 11.6 Å². The molecule has 1 aromatic carbocycles. The van der Waals surface area contributed by atoms with Crippen molar-refractivity contribution in [2.45, 2.75) is 39.8 Å². The van der Waals surface area contributed by atoms with Crippen LogP contribution in [0.15, 0.2) is 36.7 Å². The van der Waals surface area contributed by atoms with Crippen molar-refractivity contribution >= 4 is 11.6 Å². The first-order chi connectivity index (χ1) is 9.63. The van der Waals surface area contributed by atoms with Gasteiger partial charge in [-0.05, 0) is 48.7 Å². The molecule has 1 heterocycles. The molecule has 0 aliphatic rings. The lowest BCUT2D eigenvalue weighted by molar-refractivity contribution is 0.536. The van der Waals surface area contributed by atoms with Gasteiger partial charge in [0.2, 0.25) is 0 Å². The fraction of sp³-hybridized carbons (Fsp3) is 0.412. The number of nitrogens with one attached hydrogen (secondary N) is 1. The molecule has 2 nitrogen and oxygen atoms in total. The molecule has 1 unspecified atom stereocenters. The molecule has 0 aliphatic heterocycles. The zero-order valence-electron chi connectivity index (χ0n) is 12.5. The number of aryl methyl sites for hydroxylation is 1. The molecule has 0 saturated carbocycles. The van der Waals surface area contributed by atoms with E-state index < -0.39 is 0 Å². The molecule has 0 aliphatic carbocycles. The molecule has 2 rings (SSSR count). The van der Waals surface area contributed by atoms with Crippen molar-refractivity contribution in [1.29, 1.82) is 0 Å². The highest BCUT2D eigenvalue weighted by molar-refractivity contribution is 6.31. The Bertz CT molecular complexity index is 560. The van der Waals surface area contributed by atoms with E-state index in [1.165, 1.54) is 11.1 Å². The van der Waals surface area contributed by atoms with E-state index in [9.17, 15) is 0 Å². The summed E-state index contributed by atoms with van der Waals surface area (Å²) in [5.74, 6) is 0. The first kappa shape index (κ1) is 15.1. The molecule has 1 N–H and O–H groups in total. The maximum atomic E-state index is 6.30. The van der Waals surface area contributed by atoms with Crippen LogP contribution in [0.4, 0.5) is 0 Å². The van der Waals surface area contributed by atoms with Gasteiger partial charge >= 0.3 is 0 Å². The van der Waals surface area contributed by atoms with Crippen LogP contribution < -0.4 is 5.32 Å². The Morgan fingerprint density at radius 3 is 2.70 bits per heavy atom. The van der Waals surface area contributed by atoms with Crippen LogP contribution in [0.1, 0.15) is 43.0 Å². The fourth-order valence-corrected chi connectivity index (χ4v) is 2.78. The van der Waals surface area contributed by atoms with E-state index in [-0.39, 0.29) is 0 Å². The second kappa shape index (κ2) is 6.96. The third-order valence-electron chi connectivity index (χ3n) is 3.60. The second-order valence-corrected chi connectivity index (χ2v) is 5.64. The van der Waals surface area contributed by atoms with Crippen LogP contribution in [0, 0.1) is 6.92 Å². The summed E-state index contributed by atoms with van der Waals surface area (Å²) in [7, 11) is 0. The van der Waals surface area contributed by atoms with Gasteiger partial charge in [0.15, 0.2) is 0 Å². The maximum Gasteiger partial charge on any atom is 0.0485 e. The molecule has 0 bridgehead atoms. The van der Waals surface area contributed by atoms with E-state index >= 15 is 0 Å². The monoisotopic (exact) mass is 290 g/mol. The molecule has 0 saturated heterocycles. The van der Waals surface area contributed by atoms with E-state index in [4.69, 9.17) is 11.6 Å². The summed E-state index contributed by atoms with van der Waals surface area (Å²) in [5, 5.41) is 4.35. The SMILES string of the molecule is CCNC(CC)c1ccn(Cc2ccc(C)cc2Cl)c1. The van der Waals surface area contributed by atoms with E-state index in [1.54, 1.807) is 0 Å². The molecule has 0 spiro atoms. The zero-order chi connectivity index (χ0) is 14.5. The van der Waals surface area contributed by atoms with Crippen LogP contribution in [0.25, 0.3) is 0 Å². The minimum Gasteiger partial charge on any atom is -0.350 e. The Morgan fingerprint density at radius 2 is 2.05 bits per heavy atom. The molecule has 0 radical (unpaired) electrons. The van der Waals surface area contributed by atoms with Crippen molar-refractivity contribution < 1.29 is 0 Å². The van der Waals surface area contributed by atoms with Crippen molar-refractivity contribution in [1.82, 2.24) is 9.88 Å². The largest absolute Gasteiger partial charge is 0.350 e. The van der Waals surface area contributed by atoms with Gasteiger partial charge < -0.3 is 9.88 Å². The number of benzene rings is 1. The summed E-state index contributed by atoms with van der Waals surface area (Å²) in [6, 6.07) is 8.88. The Balaban J connectivity index is 2.12. The summed E-state index contributed by atoms with van der Waals surface area (Å²) in [5.41, 5.74) is 3.71. The van der Waals surface area contributed by atoms with Gasteiger partial charge in [0.05, 0.1) is 0 Å². The van der Waals surface area contributed by atoms with Crippen molar-refractivity contribution in [2.24, 2.45) is 0 Å². The Hall–Kier alpha value is -1.25. The number of nitrogens with zero attached hydrogens (tertiary/aromatic N) is 1. The van der Waals surface area contributed by atoms with Crippen molar-refractivity contribution in [3.63, 3.8) is 0 Å². The molecule has 0 fully saturated rings. The van der Waals surface area contributed by atoms with Gasteiger partial charge in [0.1, 0.15) is 0 Å². The molecule has 3 heteroatoms. The van der Waals surface area contributed by atoms with Crippen molar-refractivity contribution in [3.8, 4) is 0 Å². The zero-order valence-corrected chi connectivity index (χ0v) is 13.2. The first-order valence-corrected chi connectivity index (χ1v) is 7.66. The lowest BCUT2D eigenvalue weighted by Gasteiger charge is -2.14. The fourth-order valence-electron chi connectivity index (χ4n) is 2.49. The van der Waals surface area contributed by atoms with Crippen LogP contribution in [-0.4, -0.2) is 11.1 Å². The number of hydrogen-bond donors (Lipinski definition) is 1. The minimum atomic E-state index is 0.440. The molecule has 108 valence electrons. The summed E-state index contributed by atoms with van der Waals surface area (Å²) < 4.78 is 2.20. The second-order valence-electron chi connectivity index (χ2n) is 5.23. The van der Waals surface area contributed by atoms with Crippen molar-refractivity contribution in [3.05, 3.63) is 58.4 Å². The van der Waals surface area contributed by atoms with E-state index in [0.717, 1.165) is 30.1 Å². The number of hydrogen-bond acceptors (Lipinski definition) is 1. The van der Waals surface area contributed by atoms with Gasteiger partial charge in [-0.1, -0.05) is 37.6 Å². The van der Waals surface area contributed by atoms with Gasteiger partial charge in [-0.25, -0.2) is 0 Å². The predicted molar refractivity (Wildman–Crippen MR) is 86.4 cm³/mol. The molecule has 0 amide bonds. The third-order valence-corrected chi connectivity index (χ3v) is 3.95. The normalized spacial score (nSPS) is 12.6. The lowest BCUT2D eigenvalue weighted by Crippen LogP contribution is -2.19. The molecule has 1 aromatic heterocycles. The summed E-state index contributed by atoms with van der Waals surface area (Å²) >= 11 is 6.30. The average Bonchev–Trinajstić information content (AvgIpc) is 2.87. The Morgan fingerprint density at radius 1 is 1.25 bits per heavy atom. The molecular formula is C17H23ClN2. The quantitative estimate of drug-likeness (QED) is 0.825. The van der Waals surface area contributed by atoms with Gasteiger partial charge in [0, 0.05) is 30.0 Å². The highest BCUT2D eigenvalue weighted by Crippen LogP contribution is 2.21. The number of halogens is 1. The highest BCUT2D eigenvalue weighted by Gasteiger charge is 2.09. The molecular weight excluding hydrogens is 268 g/mol. The van der Waals surface area contributed by atoms with Crippen LogP contribution in [0.2, 0.25) is 5.02 Å². The summed E-state index contributed by atoms with van der Waals surface area (Å²) in [4.78, 5) is 0. The van der Waals surface area contributed by atoms with Crippen LogP contribution in [-0.2, 0) is 6.54 Å². The molecule has 2 aromatic rings. The number of rotatable bonds is 6. The van der Waals surface area contributed by atoms with Gasteiger partial charge in [-0.3, -0.25) is 0 Å². The van der Waals surface area contributed by atoms with Crippen LogP contribution in [0.3, 0.4) is 0 Å². The van der Waals surface area contributed by atoms with E-state index in [2.05, 4.69) is 61.2 Å². The third kappa shape index (κ3) is 3.65. The van der Waals surface area contributed by atoms with E-state index in [1.807, 2.05) is 6.07 Å². The molecule has 1 atom stereocenters. The first-order valence-electron chi connectivity index (χ1n) is 7.28. The summed E-state index contributed by atoms with van der Waals surface area (Å²) in [6.07, 6.45) is 5.45. The van der Waals surface area contributed by atoms with E-state index in [0.29, 0.717) is 6.04 Å². The smallest absolute Gasteiger partial charge is 0.0485 e. The standard InChI is InChI=1S/C17H23ClN2/c1-4-17(19-5-2)15-8-9-20(12-15)11-14-7-6-13(3)10-16(14)18/h6-10,12,17,19H,4-5,11H2,1-3H3. The minimum absolute atomic E-state index is 0.440. The lowest BCUT2D eigenvalue weighted by atomic mass is 10.1. The Kier molecular flexibility index (Phi) is 5.27. The van der Waals surface area contributed by atoms with Gasteiger partial charge in [-0.15, -0.1) is 0 Å². The highest BCUT2D eigenvalue weighted by atomic mass is 35.5. The van der Waals surface area contributed by atoms with Crippen LogP contribution in [0.5, 0.6) is 0 Å². The van der Waals surface area contributed by atoms with Gasteiger partial charge in [-0.2, -0.15) is 0 Å². The number of aromatic nitrogens is 1.